The Morgan fingerprint density at radius 3 is 2.52 bits per heavy atom. The van der Waals surface area contributed by atoms with Gasteiger partial charge < -0.3 is 38.8 Å². The van der Waals surface area contributed by atoms with Crippen molar-refractivity contribution in [3.63, 3.8) is 0 Å². The molecule has 7 saturated heterocycles. The summed E-state index contributed by atoms with van der Waals surface area (Å²) in [5.74, 6) is 0.348. The summed E-state index contributed by atoms with van der Waals surface area (Å²) in [5.41, 5.74) is 10.4. The average Bonchev–Trinajstić information content (AvgIpc) is 4.17. The highest BCUT2D eigenvalue weighted by Gasteiger charge is 2.55. The first kappa shape index (κ1) is 54.4. The van der Waals surface area contributed by atoms with Gasteiger partial charge in [0.25, 0.3) is 5.91 Å². The molecule has 6 bridgehead atoms. The number of fused-ring (bicyclic) bond motifs is 7. The summed E-state index contributed by atoms with van der Waals surface area (Å²) in [4.78, 5) is 75.8. The molecule has 8 aliphatic heterocycles. The van der Waals surface area contributed by atoms with E-state index in [9.17, 15) is 9.59 Å². The Kier molecular flexibility index (Phi) is 15.0. The van der Waals surface area contributed by atoms with Crippen LogP contribution in [-0.2, 0) is 46.4 Å². The summed E-state index contributed by atoms with van der Waals surface area (Å²) in [7, 11) is 1.76. The van der Waals surface area contributed by atoms with E-state index >= 15 is 9.59 Å². The number of aromatic nitrogens is 2. The lowest BCUT2D eigenvalue weighted by Gasteiger charge is -2.39. The third-order valence-corrected chi connectivity index (χ3v) is 20.7. The number of esters is 1. The molecule has 3 aromatic rings. The van der Waals surface area contributed by atoms with E-state index in [4.69, 9.17) is 19.2 Å². The lowest BCUT2D eigenvalue weighted by Crippen LogP contribution is -2.62. The molecule has 9 fully saturated rings. The van der Waals surface area contributed by atoms with Gasteiger partial charge in [0, 0.05) is 124 Å². The van der Waals surface area contributed by atoms with Gasteiger partial charge in [-0.05, 0) is 139 Å². The van der Waals surface area contributed by atoms with Gasteiger partial charge in [0.2, 0.25) is 11.8 Å². The van der Waals surface area contributed by atoms with Crippen LogP contribution in [0, 0.1) is 22.7 Å². The zero-order valence-electron chi connectivity index (χ0n) is 48.4. The van der Waals surface area contributed by atoms with Crippen molar-refractivity contribution in [3.8, 4) is 11.3 Å². The summed E-state index contributed by atoms with van der Waals surface area (Å²) in [6, 6.07) is 8.09. The number of anilines is 2. The summed E-state index contributed by atoms with van der Waals surface area (Å²) >= 11 is 0. The fraction of sp³-hybridized carbons (Fsp3) is 0.726. The molecule has 10 heterocycles. The molecular formula is C62H89N11O7. The predicted octanol–water partition coefficient (Wildman–Crippen LogP) is 5.65. The fourth-order valence-electron chi connectivity index (χ4n) is 16.0. The summed E-state index contributed by atoms with van der Waals surface area (Å²) < 4.78 is 21.5. The molecular weight excluding hydrogens is 1010 g/mol. The highest BCUT2D eigenvalue weighted by atomic mass is 16.5. The maximum atomic E-state index is 15.3. The number of methoxy groups -OCH3 is 1. The zero-order chi connectivity index (χ0) is 55.0. The number of rotatable bonds is 11. The third kappa shape index (κ3) is 10.6. The zero-order valence-corrected chi connectivity index (χ0v) is 48.4. The Balaban J connectivity index is 0.813. The fourth-order valence-corrected chi connectivity index (χ4v) is 16.0. The Labute approximate surface area is 473 Å². The second kappa shape index (κ2) is 22.0. The largest absolute Gasteiger partial charge is 0.464 e. The van der Waals surface area contributed by atoms with Crippen LogP contribution < -0.4 is 25.9 Å². The first-order chi connectivity index (χ1) is 38.8. The van der Waals surface area contributed by atoms with Crippen LogP contribution >= 0.6 is 0 Å². The quantitative estimate of drug-likeness (QED) is 0.159. The molecule has 434 valence electrons. The van der Waals surface area contributed by atoms with Gasteiger partial charge in [-0.15, -0.1) is 0 Å². The first-order valence-electron chi connectivity index (χ1n) is 31.1. The number of amides is 3. The lowest BCUT2D eigenvalue weighted by molar-refractivity contribution is -0.156. The molecule has 1 spiro atoms. The van der Waals surface area contributed by atoms with Crippen LogP contribution in [0.3, 0.4) is 0 Å². The molecule has 10 aliphatic rings. The van der Waals surface area contributed by atoms with Gasteiger partial charge in [0.15, 0.2) is 0 Å². The van der Waals surface area contributed by atoms with E-state index in [1.165, 1.54) is 37.8 Å². The number of carbonyl (C=O) groups excluding carboxylic acids is 4. The Morgan fingerprint density at radius 1 is 0.900 bits per heavy atom. The van der Waals surface area contributed by atoms with Crippen LogP contribution in [0.5, 0.6) is 0 Å². The monoisotopic (exact) mass is 1100 g/mol. The molecule has 1 aromatic carbocycles. The van der Waals surface area contributed by atoms with Crippen LogP contribution in [0.15, 0.2) is 30.5 Å². The normalized spacial score (nSPS) is 31.4. The van der Waals surface area contributed by atoms with Gasteiger partial charge >= 0.3 is 5.97 Å². The highest BCUT2D eigenvalue weighted by Crippen LogP contribution is 2.47. The van der Waals surface area contributed by atoms with E-state index in [0.717, 1.165) is 130 Å². The smallest absolute Gasteiger partial charge is 0.324 e. The van der Waals surface area contributed by atoms with Crippen LogP contribution in [0.25, 0.3) is 22.2 Å². The van der Waals surface area contributed by atoms with Gasteiger partial charge in [-0.2, -0.15) is 0 Å². The number of hydrogen-bond acceptors (Lipinski definition) is 14. The van der Waals surface area contributed by atoms with Crippen LogP contribution in [0.1, 0.15) is 129 Å². The number of benzene rings is 1. The molecule has 0 radical (unpaired) electrons. The maximum Gasteiger partial charge on any atom is 0.324 e. The van der Waals surface area contributed by atoms with Crippen molar-refractivity contribution >= 4 is 46.0 Å². The minimum Gasteiger partial charge on any atom is -0.464 e. The van der Waals surface area contributed by atoms with Crippen LogP contribution in [-0.4, -0.2) is 188 Å². The summed E-state index contributed by atoms with van der Waals surface area (Å²) in [6.45, 7) is 18.9. The number of piperazine rings is 1. The lowest BCUT2D eigenvalue weighted by atomic mass is 9.84. The Bertz CT molecular complexity index is 2830. The molecule has 80 heavy (non-hydrogen) atoms. The standard InChI is InChI=1S/C62H89N11O7/c1-6-72-51-18-17-42-29-46(51)48(56(72)47-30-44(33-63-52(47)39(2)78-5)68-26-25-67-21-9-13-43(67)34-68)32-61(3,4)38-80-60(77)49-14-10-22-73(66-49)58(75)50(31-45-35-69(42)27-28-79-45)64-57(74)55(41-11-7-8-12-41)70-23-19-62(36-70)20-24-71(37-62)59(76)54-53(65-54)40-15-16-40/h17-18,29-30,33,39-41,43,45,49-50,53-55,65-66H,6-16,19-28,31-32,34-38H2,1-5H3,(H,64,74)/t39-,43+,45-,49-,50-,53+,54+,55-,62-/m0/s1. The van der Waals surface area contributed by atoms with E-state index in [1.807, 2.05) is 6.20 Å². The Hall–Kier alpha value is -4.85. The van der Waals surface area contributed by atoms with Crippen molar-refractivity contribution in [3.05, 3.63) is 41.7 Å². The second-order valence-corrected chi connectivity index (χ2v) is 26.8. The minimum atomic E-state index is -0.900. The number of ether oxygens (including phenoxy) is 3. The van der Waals surface area contributed by atoms with E-state index in [-0.39, 0.29) is 72.3 Å². The maximum absolute atomic E-state index is 15.3. The van der Waals surface area contributed by atoms with Crippen molar-refractivity contribution in [2.75, 3.05) is 102 Å². The molecule has 18 nitrogen and oxygen atoms in total. The number of nitrogens with one attached hydrogen (secondary N) is 3. The molecule has 3 N–H and O–H groups in total. The van der Waals surface area contributed by atoms with Crippen molar-refractivity contribution < 1.29 is 33.4 Å². The highest BCUT2D eigenvalue weighted by molar-refractivity contribution is 5.95. The molecule has 2 saturated carbocycles. The van der Waals surface area contributed by atoms with Crippen LogP contribution in [0.2, 0.25) is 0 Å². The van der Waals surface area contributed by atoms with Gasteiger partial charge in [-0.3, -0.25) is 44.3 Å². The molecule has 13 rings (SSSR count). The van der Waals surface area contributed by atoms with Gasteiger partial charge in [0.1, 0.15) is 18.1 Å². The van der Waals surface area contributed by atoms with E-state index in [1.54, 1.807) is 12.1 Å². The average molecular weight is 1100 g/mol. The molecule has 0 unspecified atom stereocenters. The third-order valence-electron chi connectivity index (χ3n) is 20.7. The number of aryl methyl sites for hydroxylation is 1. The van der Waals surface area contributed by atoms with Crippen LogP contribution in [0.4, 0.5) is 11.4 Å². The van der Waals surface area contributed by atoms with Crippen molar-refractivity contribution in [2.45, 2.75) is 173 Å². The molecule has 9 atom stereocenters. The molecule has 2 aliphatic carbocycles. The summed E-state index contributed by atoms with van der Waals surface area (Å²) in [5, 5.41) is 9.60. The van der Waals surface area contributed by atoms with Crippen molar-refractivity contribution in [1.82, 2.24) is 45.3 Å². The van der Waals surface area contributed by atoms with E-state index < -0.39 is 17.5 Å². The molecule has 2 aromatic heterocycles. The number of morpholine rings is 1. The van der Waals surface area contributed by atoms with Crippen molar-refractivity contribution in [2.24, 2.45) is 22.7 Å². The number of cyclic esters (lactones) is 1. The Morgan fingerprint density at radius 2 is 1.71 bits per heavy atom. The number of pyridine rings is 1. The van der Waals surface area contributed by atoms with Gasteiger partial charge in [-0.1, -0.05) is 26.7 Å². The number of hydrazine groups is 1. The summed E-state index contributed by atoms with van der Waals surface area (Å²) in [6.07, 6.45) is 14.4. The van der Waals surface area contributed by atoms with Crippen molar-refractivity contribution in [1.29, 1.82) is 0 Å². The minimum absolute atomic E-state index is 0.0254. The SMILES string of the molecule is CCn1c(-c2cc(N3CCN4CCC[C@@H]4C3)cnc2[C@H](C)OC)c2c3cc(ccc31)N1CCO[C@@H](C[C@H](NC(=O)[C@H](C3CCCC3)N3CC[C@]4(CCN(C(=O)[C@@H]5N[C@@H]5C5CC5)C4)C3)C(=O)N3CCC[C@H](N3)C(=O)OCC(C)(C)C2)C1. The number of hydrogen-bond donors (Lipinski definition) is 3. The first-order valence-corrected chi connectivity index (χ1v) is 31.1. The number of carbonyl (C=O) groups is 4. The van der Waals surface area contributed by atoms with Gasteiger partial charge in [-0.25, -0.2) is 5.43 Å². The second-order valence-electron chi connectivity index (χ2n) is 26.8. The molecule has 18 heteroatoms. The number of likely N-dealkylation sites (tertiary alicyclic amines) is 2. The predicted molar refractivity (Wildman–Crippen MR) is 307 cm³/mol. The molecule has 3 amide bonds. The van der Waals surface area contributed by atoms with Gasteiger partial charge in [0.05, 0.1) is 54.7 Å². The van der Waals surface area contributed by atoms with E-state index in [2.05, 4.69) is 97.1 Å². The van der Waals surface area contributed by atoms with E-state index in [0.29, 0.717) is 63.5 Å². The topological polar surface area (TPSA) is 179 Å². The number of nitrogens with zero attached hydrogens (tertiary/aromatic N) is 8.